The van der Waals surface area contributed by atoms with Crippen LogP contribution in [0, 0.1) is 5.21 Å². The summed E-state index contributed by atoms with van der Waals surface area (Å²) in [6, 6.07) is 7.84. The van der Waals surface area contributed by atoms with E-state index in [1.165, 1.54) is 5.56 Å². The van der Waals surface area contributed by atoms with E-state index in [1.807, 2.05) is 24.3 Å². The minimum atomic E-state index is 0.301. The molecule has 0 bridgehead atoms. The van der Waals surface area contributed by atoms with Gasteiger partial charge in [0.2, 0.25) is 0 Å². The standard InChI is InChI=1S/C8H9NO/c10-9-6-5-7-3-1-2-4-8(7)9/h1-4,9H,5-6H2. The second-order valence-corrected chi connectivity index (χ2v) is 2.58. The van der Waals surface area contributed by atoms with Gasteiger partial charge in [0.25, 0.3) is 0 Å². The number of rotatable bonds is 0. The van der Waals surface area contributed by atoms with E-state index in [0.717, 1.165) is 12.1 Å². The lowest BCUT2D eigenvalue weighted by Crippen LogP contribution is -3.00. The Kier molecular flexibility index (Phi) is 1.22. The summed E-state index contributed by atoms with van der Waals surface area (Å²) in [5.41, 5.74) is 2.15. The molecule has 10 heavy (non-hydrogen) atoms. The van der Waals surface area contributed by atoms with Crippen LogP contribution in [0.4, 0.5) is 5.69 Å². The predicted octanol–water partition coefficient (Wildman–Crippen LogP) is 0.257. The van der Waals surface area contributed by atoms with Crippen molar-refractivity contribution in [2.75, 3.05) is 6.54 Å². The third-order valence-electron chi connectivity index (χ3n) is 1.94. The van der Waals surface area contributed by atoms with Crippen LogP contribution < -0.4 is 5.06 Å². The lowest BCUT2D eigenvalue weighted by molar-refractivity contribution is -0.768. The van der Waals surface area contributed by atoms with Crippen LogP contribution in [0.1, 0.15) is 5.56 Å². The summed E-state index contributed by atoms with van der Waals surface area (Å²) in [6.45, 7) is 0.708. The van der Waals surface area contributed by atoms with E-state index in [4.69, 9.17) is 0 Å². The molecule has 0 saturated heterocycles. The van der Waals surface area contributed by atoms with Gasteiger partial charge in [0, 0.05) is 12.0 Å². The summed E-state index contributed by atoms with van der Waals surface area (Å²) in [4.78, 5) is 0. The van der Waals surface area contributed by atoms with Crippen molar-refractivity contribution in [2.24, 2.45) is 0 Å². The van der Waals surface area contributed by atoms with E-state index in [9.17, 15) is 5.21 Å². The molecule has 0 radical (unpaired) electrons. The average molecular weight is 135 g/mol. The smallest absolute Gasteiger partial charge is 0.134 e. The van der Waals surface area contributed by atoms with Gasteiger partial charge in [0.05, 0.1) is 6.54 Å². The maximum atomic E-state index is 11.1. The molecule has 0 saturated carbocycles. The summed E-state index contributed by atoms with van der Waals surface area (Å²) in [5.74, 6) is 0. The van der Waals surface area contributed by atoms with Gasteiger partial charge in [0.1, 0.15) is 5.69 Å². The van der Waals surface area contributed by atoms with Gasteiger partial charge in [-0.1, -0.05) is 18.2 Å². The first-order valence-corrected chi connectivity index (χ1v) is 3.49. The van der Waals surface area contributed by atoms with Gasteiger partial charge in [-0.2, -0.15) is 0 Å². The average Bonchev–Trinajstić information content (AvgIpc) is 2.34. The van der Waals surface area contributed by atoms with Gasteiger partial charge in [-0.25, -0.2) is 0 Å². The van der Waals surface area contributed by atoms with Gasteiger partial charge in [-0.05, 0) is 6.07 Å². The zero-order valence-corrected chi connectivity index (χ0v) is 5.63. The topological polar surface area (TPSA) is 27.5 Å². The molecule has 2 nitrogen and oxygen atoms in total. The van der Waals surface area contributed by atoms with E-state index in [1.54, 1.807) is 0 Å². The van der Waals surface area contributed by atoms with E-state index in [-0.39, 0.29) is 0 Å². The molecule has 0 amide bonds. The summed E-state index contributed by atoms with van der Waals surface area (Å²) in [6.07, 6.45) is 0.939. The lowest BCUT2D eigenvalue weighted by atomic mass is 10.2. The van der Waals surface area contributed by atoms with E-state index < -0.39 is 0 Å². The molecule has 0 spiro atoms. The van der Waals surface area contributed by atoms with Crippen molar-refractivity contribution in [1.29, 1.82) is 0 Å². The van der Waals surface area contributed by atoms with Gasteiger partial charge >= 0.3 is 0 Å². The normalized spacial score (nSPS) is 22.7. The van der Waals surface area contributed by atoms with E-state index in [2.05, 4.69) is 0 Å². The number of quaternary nitrogens is 1. The minimum absolute atomic E-state index is 0.301. The number of benzene rings is 1. The Labute approximate surface area is 59.7 Å². The molecule has 1 aromatic rings. The van der Waals surface area contributed by atoms with Crippen molar-refractivity contribution in [2.45, 2.75) is 6.42 Å². The molecule has 2 rings (SSSR count). The maximum absolute atomic E-state index is 11.1. The SMILES string of the molecule is [O-][NH+]1CCc2ccccc21. The van der Waals surface area contributed by atoms with E-state index >= 15 is 0 Å². The van der Waals surface area contributed by atoms with Gasteiger partial charge in [-0.3, -0.25) is 0 Å². The summed E-state index contributed by atoms with van der Waals surface area (Å²) < 4.78 is 0. The van der Waals surface area contributed by atoms with Crippen molar-refractivity contribution in [3.8, 4) is 0 Å². The third kappa shape index (κ3) is 0.735. The molecule has 0 fully saturated rings. The second-order valence-electron chi connectivity index (χ2n) is 2.58. The highest BCUT2D eigenvalue weighted by Gasteiger charge is 2.16. The zero-order chi connectivity index (χ0) is 6.97. The number of hydrogen-bond acceptors (Lipinski definition) is 1. The fraction of sp³-hybridized carbons (Fsp3) is 0.250. The fourth-order valence-corrected chi connectivity index (χ4v) is 1.39. The third-order valence-corrected chi connectivity index (χ3v) is 1.94. The summed E-state index contributed by atoms with van der Waals surface area (Å²) >= 11 is 0. The molecular formula is C8H9NO. The highest BCUT2D eigenvalue weighted by Crippen LogP contribution is 2.14. The van der Waals surface area contributed by atoms with Gasteiger partial charge < -0.3 is 10.3 Å². The van der Waals surface area contributed by atoms with Crippen LogP contribution in [-0.4, -0.2) is 6.54 Å². The van der Waals surface area contributed by atoms with Crippen LogP contribution in [0.25, 0.3) is 0 Å². The highest BCUT2D eigenvalue weighted by atomic mass is 16.5. The van der Waals surface area contributed by atoms with Crippen molar-refractivity contribution >= 4 is 5.69 Å². The van der Waals surface area contributed by atoms with Crippen LogP contribution in [0.5, 0.6) is 0 Å². The van der Waals surface area contributed by atoms with Crippen LogP contribution in [0.15, 0.2) is 24.3 Å². The van der Waals surface area contributed by atoms with Crippen LogP contribution in [0.2, 0.25) is 0 Å². The Morgan fingerprint density at radius 1 is 1.30 bits per heavy atom. The van der Waals surface area contributed by atoms with E-state index in [0.29, 0.717) is 11.6 Å². The molecule has 1 aliphatic rings. The highest BCUT2D eigenvalue weighted by molar-refractivity contribution is 5.41. The van der Waals surface area contributed by atoms with Crippen LogP contribution in [-0.2, 0) is 6.42 Å². The van der Waals surface area contributed by atoms with Gasteiger partial charge in [0.15, 0.2) is 0 Å². The molecule has 1 unspecified atom stereocenters. The first-order chi connectivity index (χ1) is 4.88. The number of para-hydroxylation sites is 1. The first-order valence-electron chi connectivity index (χ1n) is 3.49. The van der Waals surface area contributed by atoms with Crippen LogP contribution in [0.3, 0.4) is 0 Å². The second kappa shape index (κ2) is 2.08. The Morgan fingerprint density at radius 3 is 2.90 bits per heavy atom. The Bertz CT molecular complexity index is 247. The largest absolute Gasteiger partial charge is 0.629 e. The Hall–Kier alpha value is -0.860. The van der Waals surface area contributed by atoms with Crippen molar-refractivity contribution < 1.29 is 5.06 Å². The molecule has 1 heterocycles. The molecule has 52 valence electrons. The monoisotopic (exact) mass is 135 g/mol. The number of fused-ring (bicyclic) bond motifs is 1. The lowest BCUT2D eigenvalue weighted by Gasteiger charge is -2.14. The molecule has 1 aromatic carbocycles. The molecule has 1 atom stereocenters. The van der Waals surface area contributed by atoms with Crippen molar-refractivity contribution in [3.05, 3.63) is 35.0 Å². The zero-order valence-electron chi connectivity index (χ0n) is 5.63. The molecular weight excluding hydrogens is 126 g/mol. The predicted molar refractivity (Wildman–Crippen MR) is 39.0 cm³/mol. The Balaban J connectivity index is 2.51. The van der Waals surface area contributed by atoms with Crippen molar-refractivity contribution in [3.63, 3.8) is 0 Å². The van der Waals surface area contributed by atoms with Gasteiger partial charge in [-0.15, -0.1) is 0 Å². The van der Waals surface area contributed by atoms with Crippen molar-refractivity contribution in [1.82, 2.24) is 0 Å². The molecule has 1 N–H and O–H groups in total. The molecule has 1 aliphatic heterocycles. The summed E-state index contributed by atoms with van der Waals surface area (Å²) in [5, 5.41) is 11.4. The van der Waals surface area contributed by atoms with Crippen LogP contribution >= 0.6 is 0 Å². The maximum Gasteiger partial charge on any atom is 0.134 e. The number of nitrogens with one attached hydrogen (secondary N) is 1. The molecule has 2 heteroatoms. The minimum Gasteiger partial charge on any atom is -0.629 e. The number of hydroxylamine groups is 1. The molecule has 0 aromatic heterocycles. The quantitative estimate of drug-likeness (QED) is 0.507. The number of hydrogen-bond donors (Lipinski definition) is 1. The summed E-state index contributed by atoms with van der Waals surface area (Å²) in [7, 11) is 0. The molecule has 0 aliphatic carbocycles. The fourth-order valence-electron chi connectivity index (χ4n) is 1.39. The first kappa shape index (κ1) is 5.89. The Morgan fingerprint density at radius 2 is 2.10 bits per heavy atom.